The third-order valence-corrected chi connectivity index (χ3v) is 3.08. The van der Waals surface area contributed by atoms with Gasteiger partial charge in [0.25, 0.3) is 5.56 Å². The first kappa shape index (κ1) is 14.1. The average molecular weight is 275 g/mol. The zero-order valence-electron chi connectivity index (χ0n) is 11.3. The minimum absolute atomic E-state index is 0.263. The fourth-order valence-corrected chi connectivity index (χ4v) is 2.02. The predicted molar refractivity (Wildman–Crippen MR) is 76.5 cm³/mol. The monoisotopic (exact) mass is 275 g/mol. The van der Waals surface area contributed by atoms with Crippen LogP contribution in [-0.4, -0.2) is 22.7 Å². The summed E-state index contributed by atoms with van der Waals surface area (Å²) in [5, 5.41) is 9.59. The molecule has 2 N–H and O–H groups in total. The SMILES string of the molecule is CCCCCOc1cccc2cc(C(=O)O)c(=O)[nH]c12. The molecule has 1 aromatic heterocycles. The number of carboxylic acid groups (broad SMARTS) is 1. The van der Waals surface area contributed by atoms with Gasteiger partial charge in [-0.05, 0) is 18.6 Å². The summed E-state index contributed by atoms with van der Waals surface area (Å²) in [6.45, 7) is 2.69. The molecule has 20 heavy (non-hydrogen) atoms. The van der Waals surface area contributed by atoms with Crippen LogP contribution in [0.5, 0.6) is 5.75 Å². The summed E-state index contributed by atoms with van der Waals surface area (Å²) in [7, 11) is 0. The van der Waals surface area contributed by atoms with Crippen LogP contribution in [0.3, 0.4) is 0 Å². The van der Waals surface area contributed by atoms with Crippen molar-refractivity contribution in [3.05, 3.63) is 40.2 Å². The van der Waals surface area contributed by atoms with Gasteiger partial charge in [-0.2, -0.15) is 0 Å². The van der Waals surface area contributed by atoms with Crippen LogP contribution in [0.15, 0.2) is 29.1 Å². The fourth-order valence-electron chi connectivity index (χ4n) is 2.02. The van der Waals surface area contributed by atoms with Crippen molar-refractivity contribution >= 4 is 16.9 Å². The molecular weight excluding hydrogens is 258 g/mol. The standard InChI is InChI=1S/C15H17NO4/c1-2-3-4-8-20-12-7-5-6-10-9-11(15(18)19)14(17)16-13(10)12/h5-7,9H,2-4,8H2,1H3,(H,16,17)(H,18,19). The number of H-pyrrole nitrogens is 1. The zero-order valence-corrected chi connectivity index (χ0v) is 11.3. The Kier molecular flexibility index (Phi) is 4.40. The number of hydrogen-bond acceptors (Lipinski definition) is 3. The summed E-state index contributed by atoms with van der Waals surface area (Å²) >= 11 is 0. The molecule has 0 amide bonds. The molecule has 0 saturated carbocycles. The normalized spacial score (nSPS) is 10.7. The van der Waals surface area contributed by atoms with Gasteiger partial charge in [-0.1, -0.05) is 31.9 Å². The highest BCUT2D eigenvalue weighted by molar-refractivity contribution is 5.93. The number of aromatic carboxylic acids is 1. The van der Waals surface area contributed by atoms with Gasteiger partial charge in [-0.15, -0.1) is 0 Å². The van der Waals surface area contributed by atoms with Gasteiger partial charge >= 0.3 is 5.97 Å². The van der Waals surface area contributed by atoms with Crippen molar-refractivity contribution in [1.82, 2.24) is 4.98 Å². The Labute approximate surface area is 116 Å². The molecule has 0 bridgehead atoms. The minimum Gasteiger partial charge on any atom is -0.491 e. The zero-order chi connectivity index (χ0) is 14.5. The number of aromatic nitrogens is 1. The lowest BCUT2D eigenvalue weighted by atomic mass is 10.1. The summed E-state index contributed by atoms with van der Waals surface area (Å²) in [4.78, 5) is 25.2. The Morgan fingerprint density at radius 1 is 1.35 bits per heavy atom. The molecule has 0 fully saturated rings. The lowest BCUT2D eigenvalue weighted by Crippen LogP contribution is -2.17. The van der Waals surface area contributed by atoms with Gasteiger partial charge < -0.3 is 14.8 Å². The van der Waals surface area contributed by atoms with E-state index in [0.29, 0.717) is 23.3 Å². The second-order valence-corrected chi connectivity index (χ2v) is 4.59. The maximum Gasteiger partial charge on any atom is 0.341 e. The molecule has 0 spiro atoms. The largest absolute Gasteiger partial charge is 0.491 e. The molecule has 2 rings (SSSR count). The summed E-state index contributed by atoms with van der Waals surface area (Å²) in [5.41, 5.74) is -0.339. The van der Waals surface area contributed by atoms with Gasteiger partial charge in [0.15, 0.2) is 0 Å². The van der Waals surface area contributed by atoms with E-state index in [1.54, 1.807) is 18.2 Å². The van der Waals surface area contributed by atoms with Crippen molar-refractivity contribution < 1.29 is 14.6 Å². The van der Waals surface area contributed by atoms with Crippen molar-refractivity contribution in [3.8, 4) is 5.75 Å². The maximum atomic E-state index is 11.7. The Morgan fingerprint density at radius 3 is 2.85 bits per heavy atom. The minimum atomic E-state index is -1.23. The molecule has 106 valence electrons. The number of nitrogens with one attached hydrogen (secondary N) is 1. The van der Waals surface area contributed by atoms with Crippen LogP contribution in [0, 0.1) is 0 Å². The van der Waals surface area contributed by atoms with Crippen LogP contribution in [-0.2, 0) is 0 Å². The Bertz CT molecular complexity index is 675. The second-order valence-electron chi connectivity index (χ2n) is 4.59. The van der Waals surface area contributed by atoms with Crippen LogP contribution in [0.1, 0.15) is 36.5 Å². The molecule has 0 radical (unpaired) electrons. The summed E-state index contributed by atoms with van der Waals surface area (Å²) < 4.78 is 5.66. The van der Waals surface area contributed by atoms with Crippen LogP contribution in [0.4, 0.5) is 0 Å². The molecule has 5 heteroatoms. The molecule has 2 aromatic rings. The van der Waals surface area contributed by atoms with Crippen LogP contribution < -0.4 is 10.3 Å². The number of para-hydroxylation sites is 1. The molecule has 0 saturated heterocycles. The quantitative estimate of drug-likeness (QED) is 0.794. The lowest BCUT2D eigenvalue weighted by Gasteiger charge is -2.09. The molecule has 0 atom stereocenters. The highest BCUT2D eigenvalue weighted by Crippen LogP contribution is 2.23. The summed E-state index contributed by atoms with van der Waals surface area (Å²) in [5.74, 6) is -0.657. The summed E-state index contributed by atoms with van der Waals surface area (Å²) in [6.07, 6.45) is 3.15. The van der Waals surface area contributed by atoms with Gasteiger partial charge in [-0.25, -0.2) is 4.79 Å². The highest BCUT2D eigenvalue weighted by atomic mass is 16.5. The van der Waals surface area contributed by atoms with Crippen molar-refractivity contribution in [3.63, 3.8) is 0 Å². The number of unbranched alkanes of at least 4 members (excludes halogenated alkanes) is 2. The number of fused-ring (bicyclic) bond motifs is 1. The van der Waals surface area contributed by atoms with E-state index in [1.807, 2.05) is 0 Å². The smallest absolute Gasteiger partial charge is 0.341 e. The van der Waals surface area contributed by atoms with Crippen molar-refractivity contribution in [2.75, 3.05) is 6.61 Å². The molecule has 0 aliphatic heterocycles. The number of rotatable bonds is 6. The molecule has 5 nitrogen and oxygen atoms in total. The molecule has 0 aliphatic carbocycles. The van der Waals surface area contributed by atoms with E-state index in [4.69, 9.17) is 9.84 Å². The first-order valence-electron chi connectivity index (χ1n) is 6.65. The molecule has 0 aliphatic rings. The highest BCUT2D eigenvalue weighted by Gasteiger charge is 2.12. The van der Waals surface area contributed by atoms with Crippen LogP contribution >= 0.6 is 0 Å². The van der Waals surface area contributed by atoms with Crippen LogP contribution in [0.2, 0.25) is 0 Å². The molecular formula is C15H17NO4. The number of carboxylic acids is 1. The molecule has 0 unspecified atom stereocenters. The van der Waals surface area contributed by atoms with E-state index in [0.717, 1.165) is 19.3 Å². The number of ether oxygens (including phenoxy) is 1. The van der Waals surface area contributed by atoms with E-state index < -0.39 is 11.5 Å². The van der Waals surface area contributed by atoms with Gasteiger partial charge in [0.2, 0.25) is 0 Å². The first-order chi connectivity index (χ1) is 9.63. The lowest BCUT2D eigenvalue weighted by molar-refractivity contribution is 0.0695. The number of benzene rings is 1. The van der Waals surface area contributed by atoms with Crippen LogP contribution in [0.25, 0.3) is 10.9 Å². The van der Waals surface area contributed by atoms with E-state index in [1.165, 1.54) is 6.07 Å². The first-order valence-corrected chi connectivity index (χ1v) is 6.65. The number of hydrogen-bond donors (Lipinski definition) is 2. The molecule has 1 heterocycles. The number of pyridine rings is 1. The fraction of sp³-hybridized carbons (Fsp3) is 0.333. The van der Waals surface area contributed by atoms with Gasteiger partial charge in [-0.3, -0.25) is 4.79 Å². The van der Waals surface area contributed by atoms with Gasteiger partial charge in [0.05, 0.1) is 12.1 Å². The van der Waals surface area contributed by atoms with E-state index in [-0.39, 0.29) is 5.56 Å². The van der Waals surface area contributed by atoms with Crippen molar-refractivity contribution in [2.45, 2.75) is 26.2 Å². The van der Waals surface area contributed by atoms with E-state index in [9.17, 15) is 9.59 Å². The van der Waals surface area contributed by atoms with E-state index >= 15 is 0 Å². The predicted octanol–water partition coefficient (Wildman–Crippen LogP) is 2.80. The second kappa shape index (κ2) is 6.23. The Morgan fingerprint density at radius 2 is 2.15 bits per heavy atom. The van der Waals surface area contributed by atoms with Crippen molar-refractivity contribution in [2.24, 2.45) is 0 Å². The third-order valence-electron chi connectivity index (χ3n) is 3.08. The van der Waals surface area contributed by atoms with E-state index in [2.05, 4.69) is 11.9 Å². The van der Waals surface area contributed by atoms with Gasteiger partial charge in [0, 0.05) is 5.39 Å². The topological polar surface area (TPSA) is 79.4 Å². The third kappa shape index (κ3) is 2.99. The van der Waals surface area contributed by atoms with Crippen molar-refractivity contribution in [1.29, 1.82) is 0 Å². The number of aromatic amines is 1. The maximum absolute atomic E-state index is 11.7. The Balaban J connectivity index is 2.35. The number of carbonyl (C=O) groups is 1. The molecule has 1 aromatic carbocycles. The summed E-state index contributed by atoms with van der Waals surface area (Å²) in [6, 6.07) is 6.66. The average Bonchev–Trinajstić information content (AvgIpc) is 2.43. The van der Waals surface area contributed by atoms with Gasteiger partial charge in [0.1, 0.15) is 11.3 Å². The Hall–Kier alpha value is -2.30.